The summed E-state index contributed by atoms with van der Waals surface area (Å²) in [5, 5.41) is 0. The Morgan fingerprint density at radius 2 is 2.31 bits per heavy atom. The summed E-state index contributed by atoms with van der Waals surface area (Å²) < 4.78 is 6.38. The summed E-state index contributed by atoms with van der Waals surface area (Å²) in [5.74, 6) is -0.387. The van der Waals surface area contributed by atoms with Gasteiger partial charge in [-0.2, -0.15) is 0 Å². The van der Waals surface area contributed by atoms with E-state index < -0.39 is 6.04 Å². The Kier molecular flexibility index (Phi) is 5.37. The molecule has 0 radical (unpaired) electrons. The van der Waals surface area contributed by atoms with Gasteiger partial charge in [-0.05, 0) is 56.8 Å². The van der Waals surface area contributed by atoms with Crippen molar-refractivity contribution in [3.8, 4) is 0 Å². The molecule has 1 heterocycles. The van der Waals surface area contributed by atoms with Gasteiger partial charge in [0.05, 0.1) is 11.1 Å². The molecular weight excluding hydrogens is 340 g/mol. The van der Waals surface area contributed by atoms with Crippen molar-refractivity contribution in [3.05, 3.63) is 26.9 Å². The third-order valence-corrected chi connectivity index (χ3v) is 3.67. The fraction of sp³-hybridized carbons (Fsp3) is 0.400. The molecule has 0 amide bonds. The molecule has 0 fully saturated rings. The molecule has 1 aromatic heterocycles. The molecule has 4 nitrogen and oxygen atoms in total. The third-order valence-electron chi connectivity index (χ3n) is 1.90. The Labute approximate surface area is 111 Å². The molecule has 0 aliphatic heterocycles. The van der Waals surface area contributed by atoms with Gasteiger partial charge in [-0.15, -0.1) is 0 Å². The molecule has 1 atom stereocenters. The maximum atomic E-state index is 11.3. The van der Waals surface area contributed by atoms with Crippen molar-refractivity contribution in [2.24, 2.45) is 5.73 Å². The number of carbonyl (C=O) groups excluding carboxylic acids is 1. The van der Waals surface area contributed by atoms with E-state index in [2.05, 4.69) is 36.8 Å². The maximum absolute atomic E-state index is 11.3. The predicted octanol–water partition coefficient (Wildman–Crippen LogP) is 2.04. The van der Waals surface area contributed by atoms with Gasteiger partial charge >= 0.3 is 5.97 Å². The summed E-state index contributed by atoms with van der Waals surface area (Å²) in [6, 6.07) is 1.23. The molecule has 88 valence electrons. The van der Waals surface area contributed by atoms with E-state index in [4.69, 9.17) is 10.5 Å². The van der Waals surface area contributed by atoms with Gasteiger partial charge in [0.15, 0.2) is 0 Å². The number of nitrogens with two attached hydrogens (primary N) is 1. The van der Waals surface area contributed by atoms with Crippen LogP contribution in [-0.2, 0) is 16.0 Å². The lowest BCUT2D eigenvalue weighted by molar-refractivity contribution is -0.144. The maximum Gasteiger partial charge on any atom is 0.323 e. The van der Waals surface area contributed by atoms with Crippen molar-refractivity contribution in [2.45, 2.75) is 19.4 Å². The highest BCUT2D eigenvalue weighted by Gasteiger charge is 2.15. The van der Waals surface area contributed by atoms with Crippen LogP contribution < -0.4 is 5.73 Å². The number of hydrogen-bond donors (Lipinski definition) is 1. The van der Waals surface area contributed by atoms with Gasteiger partial charge in [0, 0.05) is 6.20 Å². The van der Waals surface area contributed by atoms with Crippen LogP contribution in [0.25, 0.3) is 0 Å². The first-order valence-corrected chi connectivity index (χ1v) is 6.35. The Hall–Kier alpha value is -0.460. The van der Waals surface area contributed by atoms with Gasteiger partial charge in [0.2, 0.25) is 0 Å². The van der Waals surface area contributed by atoms with Crippen LogP contribution in [0.2, 0.25) is 0 Å². The largest absolute Gasteiger partial charge is 0.465 e. The third kappa shape index (κ3) is 3.84. The minimum Gasteiger partial charge on any atom is -0.465 e. The molecule has 0 saturated heterocycles. The van der Waals surface area contributed by atoms with Crippen LogP contribution in [0.5, 0.6) is 0 Å². The fourth-order valence-corrected chi connectivity index (χ4v) is 1.77. The second-order valence-electron chi connectivity index (χ2n) is 3.18. The first-order valence-electron chi connectivity index (χ1n) is 4.76. The van der Waals surface area contributed by atoms with Crippen LogP contribution in [0.1, 0.15) is 12.5 Å². The molecule has 0 spiro atoms. The Bertz CT molecular complexity index is 385. The van der Waals surface area contributed by atoms with E-state index in [1.165, 1.54) is 0 Å². The molecule has 1 rings (SSSR count). The molecule has 2 N–H and O–H groups in total. The minimum absolute atomic E-state index is 0.342. The highest BCUT2D eigenvalue weighted by molar-refractivity contribution is 9.13. The summed E-state index contributed by atoms with van der Waals surface area (Å²) in [4.78, 5) is 15.4. The second kappa shape index (κ2) is 6.32. The van der Waals surface area contributed by atoms with Gasteiger partial charge in [0.25, 0.3) is 0 Å². The zero-order valence-corrected chi connectivity index (χ0v) is 11.9. The molecule has 0 aliphatic rings. The number of nitrogens with zero attached hydrogens (tertiary/aromatic N) is 1. The minimum atomic E-state index is -0.644. The SMILES string of the molecule is CCOC(=O)C(N)Cc1cnc(Br)c(Br)c1. The van der Waals surface area contributed by atoms with Crippen LogP contribution in [0, 0.1) is 0 Å². The van der Waals surface area contributed by atoms with Crippen molar-refractivity contribution < 1.29 is 9.53 Å². The number of halogens is 2. The lowest BCUT2D eigenvalue weighted by Gasteiger charge is -2.10. The zero-order valence-electron chi connectivity index (χ0n) is 8.74. The summed E-state index contributed by atoms with van der Waals surface area (Å²) in [5.41, 5.74) is 6.58. The lowest BCUT2D eigenvalue weighted by atomic mass is 10.1. The zero-order chi connectivity index (χ0) is 12.1. The highest BCUT2D eigenvalue weighted by atomic mass is 79.9. The quantitative estimate of drug-likeness (QED) is 0.666. The molecule has 0 aliphatic carbocycles. The van der Waals surface area contributed by atoms with Crippen LogP contribution in [0.4, 0.5) is 0 Å². The molecule has 0 bridgehead atoms. The van der Waals surface area contributed by atoms with E-state index in [0.29, 0.717) is 13.0 Å². The predicted molar refractivity (Wildman–Crippen MR) is 67.9 cm³/mol. The topological polar surface area (TPSA) is 65.2 Å². The standard InChI is InChI=1S/C10H12Br2N2O2/c1-2-16-10(15)8(13)4-6-3-7(11)9(12)14-5-6/h3,5,8H,2,4,13H2,1H3. The van der Waals surface area contributed by atoms with Crippen molar-refractivity contribution in [2.75, 3.05) is 6.61 Å². The van der Waals surface area contributed by atoms with Gasteiger partial charge < -0.3 is 10.5 Å². The molecule has 0 aromatic carbocycles. The van der Waals surface area contributed by atoms with E-state index >= 15 is 0 Å². The van der Waals surface area contributed by atoms with Crippen LogP contribution in [-0.4, -0.2) is 23.6 Å². The van der Waals surface area contributed by atoms with Gasteiger partial charge in [-0.25, -0.2) is 4.98 Å². The smallest absolute Gasteiger partial charge is 0.323 e. The van der Waals surface area contributed by atoms with Crippen molar-refractivity contribution >= 4 is 37.8 Å². The second-order valence-corrected chi connectivity index (χ2v) is 4.78. The summed E-state index contributed by atoms with van der Waals surface area (Å²) in [7, 11) is 0. The lowest BCUT2D eigenvalue weighted by Crippen LogP contribution is -2.34. The summed E-state index contributed by atoms with van der Waals surface area (Å²) in [6.07, 6.45) is 2.09. The van der Waals surface area contributed by atoms with Crippen LogP contribution >= 0.6 is 31.9 Å². The first kappa shape index (κ1) is 13.6. The monoisotopic (exact) mass is 350 g/mol. The summed E-state index contributed by atoms with van der Waals surface area (Å²) in [6.45, 7) is 2.09. The molecule has 1 aromatic rings. The van der Waals surface area contributed by atoms with Gasteiger partial charge in [-0.1, -0.05) is 0 Å². The normalized spacial score (nSPS) is 12.2. The molecule has 1 unspecified atom stereocenters. The average Bonchev–Trinajstić information content (AvgIpc) is 2.24. The van der Waals surface area contributed by atoms with E-state index in [0.717, 1.165) is 14.6 Å². The van der Waals surface area contributed by atoms with Gasteiger partial charge in [-0.3, -0.25) is 4.79 Å². The Morgan fingerprint density at radius 3 is 2.88 bits per heavy atom. The highest BCUT2D eigenvalue weighted by Crippen LogP contribution is 2.21. The molecule has 16 heavy (non-hydrogen) atoms. The number of hydrogen-bond acceptors (Lipinski definition) is 4. The van der Waals surface area contributed by atoms with Crippen molar-refractivity contribution in [1.82, 2.24) is 4.98 Å². The first-order chi connectivity index (χ1) is 7.54. The summed E-state index contributed by atoms with van der Waals surface area (Å²) >= 11 is 6.61. The van der Waals surface area contributed by atoms with E-state index in [9.17, 15) is 4.79 Å². The number of pyridine rings is 1. The van der Waals surface area contributed by atoms with Crippen LogP contribution in [0.15, 0.2) is 21.3 Å². The number of carbonyl (C=O) groups is 1. The van der Waals surface area contributed by atoms with Crippen LogP contribution in [0.3, 0.4) is 0 Å². The van der Waals surface area contributed by atoms with E-state index in [1.807, 2.05) is 6.07 Å². The number of rotatable bonds is 4. The van der Waals surface area contributed by atoms with E-state index in [1.54, 1.807) is 13.1 Å². The molecular formula is C10H12Br2N2O2. The molecule has 6 heteroatoms. The Balaban J connectivity index is 2.66. The van der Waals surface area contributed by atoms with Gasteiger partial charge in [0.1, 0.15) is 10.6 Å². The number of esters is 1. The number of aromatic nitrogens is 1. The average molecular weight is 352 g/mol. The fourth-order valence-electron chi connectivity index (χ4n) is 1.16. The van der Waals surface area contributed by atoms with Crippen molar-refractivity contribution in [1.29, 1.82) is 0 Å². The molecule has 0 saturated carbocycles. The number of ether oxygens (including phenoxy) is 1. The van der Waals surface area contributed by atoms with Crippen molar-refractivity contribution in [3.63, 3.8) is 0 Å². The van der Waals surface area contributed by atoms with E-state index in [-0.39, 0.29) is 5.97 Å². The Morgan fingerprint density at radius 1 is 1.62 bits per heavy atom.